The molecule has 26 heavy (non-hydrogen) atoms. The van der Waals surface area contributed by atoms with Crippen molar-refractivity contribution in [1.82, 2.24) is 15.5 Å². The maximum absolute atomic E-state index is 12.1. The van der Waals surface area contributed by atoms with Crippen LogP contribution in [-0.2, 0) is 4.79 Å². The number of hydrogen-bond acceptors (Lipinski definition) is 5. The minimum Gasteiger partial charge on any atom is -0.484 e. The van der Waals surface area contributed by atoms with Crippen LogP contribution in [0.4, 0.5) is 0 Å². The SMILES string of the molecule is C[C@@H](NC(=O)COc1ccc(-c2nnco2)cc1)c1ccc(Cl)c(Cl)c1. The summed E-state index contributed by atoms with van der Waals surface area (Å²) in [7, 11) is 0. The molecular weight excluding hydrogens is 377 g/mol. The second-order valence-electron chi connectivity index (χ2n) is 5.52. The highest BCUT2D eigenvalue weighted by Crippen LogP contribution is 2.25. The molecule has 134 valence electrons. The van der Waals surface area contributed by atoms with E-state index >= 15 is 0 Å². The Morgan fingerprint density at radius 1 is 1.19 bits per heavy atom. The lowest BCUT2D eigenvalue weighted by atomic mass is 10.1. The van der Waals surface area contributed by atoms with Gasteiger partial charge in [-0.25, -0.2) is 0 Å². The van der Waals surface area contributed by atoms with Crippen molar-refractivity contribution in [3.8, 4) is 17.2 Å². The van der Waals surface area contributed by atoms with Gasteiger partial charge in [-0.05, 0) is 48.9 Å². The lowest BCUT2D eigenvalue weighted by Gasteiger charge is -2.15. The third-order valence-electron chi connectivity index (χ3n) is 3.65. The van der Waals surface area contributed by atoms with E-state index < -0.39 is 0 Å². The van der Waals surface area contributed by atoms with E-state index in [1.54, 1.807) is 36.4 Å². The number of ether oxygens (including phenoxy) is 1. The van der Waals surface area contributed by atoms with Crippen molar-refractivity contribution in [2.24, 2.45) is 0 Å². The molecule has 3 aromatic rings. The molecule has 0 aliphatic carbocycles. The number of nitrogens with zero attached hydrogens (tertiary/aromatic N) is 2. The molecule has 1 N–H and O–H groups in total. The summed E-state index contributed by atoms with van der Waals surface area (Å²) in [5.41, 5.74) is 1.63. The molecule has 0 radical (unpaired) electrons. The van der Waals surface area contributed by atoms with Gasteiger partial charge in [-0.3, -0.25) is 4.79 Å². The van der Waals surface area contributed by atoms with Gasteiger partial charge in [-0.15, -0.1) is 10.2 Å². The van der Waals surface area contributed by atoms with E-state index in [-0.39, 0.29) is 18.6 Å². The lowest BCUT2D eigenvalue weighted by Crippen LogP contribution is -2.31. The van der Waals surface area contributed by atoms with Crippen LogP contribution in [0.25, 0.3) is 11.5 Å². The summed E-state index contributed by atoms with van der Waals surface area (Å²) in [4.78, 5) is 12.1. The molecule has 6 nitrogen and oxygen atoms in total. The largest absolute Gasteiger partial charge is 0.484 e. The van der Waals surface area contributed by atoms with Gasteiger partial charge in [-0.2, -0.15) is 0 Å². The van der Waals surface area contributed by atoms with Gasteiger partial charge in [0, 0.05) is 5.56 Å². The van der Waals surface area contributed by atoms with Gasteiger partial charge in [0.2, 0.25) is 12.3 Å². The molecule has 1 heterocycles. The number of carbonyl (C=O) groups is 1. The van der Waals surface area contributed by atoms with Crippen molar-refractivity contribution in [2.75, 3.05) is 6.61 Å². The maximum atomic E-state index is 12.1. The second kappa shape index (κ2) is 8.21. The molecule has 1 atom stereocenters. The fourth-order valence-corrected chi connectivity index (χ4v) is 2.60. The number of benzene rings is 2. The van der Waals surface area contributed by atoms with Gasteiger partial charge in [0.15, 0.2) is 6.61 Å². The van der Waals surface area contributed by atoms with E-state index in [2.05, 4.69) is 15.5 Å². The van der Waals surface area contributed by atoms with E-state index in [1.807, 2.05) is 13.0 Å². The summed E-state index contributed by atoms with van der Waals surface area (Å²) in [5.74, 6) is 0.736. The van der Waals surface area contributed by atoms with Crippen LogP contribution in [0.3, 0.4) is 0 Å². The normalized spacial score (nSPS) is 11.8. The number of carbonyl (C=O) groups excluding carboxylic acids is 1. The van der Waals surface area contributed by atoms with Gasteiger partial charge in [0.05, 0.1) is 16.1 Å². The Bertz CT molecular complexity index is 883. The fraction of sp³-hybridized carbons (Fsp3) is 0.167. The Kier molecular flexibility index (Phi) is 5.75. The molecule has 0 saturated heterocycles. The summed E-state index contributed by atoms with van der Waals surface area (Å²) in [6.07, 6.45) is 1.26. The molecule has 0 fully saturated rings. The van der Waals surface area contributed by atoms with Gasteiger partial charge in [-0.1, -0.05) is 29.3 Å². The molecule has 0 saturated carbocycles. The molecule has 0 aliphatic rings. The highest BCUT2D eigenvalue weighted by Gasteiger charge is 2.12. The van der Waals surface area contributed by atoms with E-state index in [1.165, 1.54) is 6.39 Å². The molecule has 8 heteroatoms. The third-order valence-corrected chi connectivity index (χ3v) is 4.39. The topological polar surface area (TPSA) is 77.2 Å². The summed E-state index contributed by atoms with van der Waals surface area (Å²) in [5, 5.41) is 11.2. The monoisotopic (exact) mass is 391 g/mol. The van der Waals surface area contributed by atoms with E-state index in [0.717, 1.165) is 11.1 Å². The van der Waals surface area contributed by atoms with Gasteiger partial charge < -0.3 is 14.5 Å². The molecule has 1 aromatic heterocycles. The number of rotatable bonds is 6. The van der Waals surface area contributed by atoms with Crippen LogP contribution in [0.1, 0.15) is 18.5 Å². The summed E-state index contributed by atoms with van der Waals surface area (Å²) in [6, 6.07) is 12.0. The highest BCUT2D eigenvalue weighted by molar-refractivity contribution is 6.42. The minimum atomic E-state index is -0.246. The van der Waals surface area contributed by atoms with Crippen LogP contribution in [0.15, 0.2) is 53.3 Å². The van der Waals surface area contributed by atoms with Crippen molar-refractivity contribution in [3.05, 3.63) is 64.5 Å². The Morgan fingerprint density at radius 2 is 1.96 bits per heavy atom. The Hall–Kier alpha value is -2.57. The Labute approximate surface area is 160 Å². The first-order valence-corrected chi connectivity index (χ1v) is 8.52. The fourth-order valence-electron chi connectivity index (χ4n) is 2.29. The van der Waals surface area contributed by atoms with Gasteiger partial charge in [0.25, 0.3) is 5.91 Å². The maximum Gasteiger partial charge on any atom is 0.258 e. The van der Waals surface area contributed by atoms with Crippen LogP contribution in [-0.4, -0.2) is 22.7 Å². The van der Waals surface area contributed by atoms with Crippen molar-refractivity contribution in [1.29, 1.82) is 0 Å². The average Bonchev–Trinajstić information content (AvgIpc) is 3.17. The molecule has 0 bridgehead atoms. The number of aromatic nitrogens is 2. The number of amides is 1. The zero-order valence-electron chi connectivity index (χ0n) is 13.8. The van der Waals surface area contributed by atoms with Crippen molar-refractivity contribution < 1.29 is 13.9 Å². The average molecular weight is 392 g/mol. The van der Waals surface area contributed by atoms with Gasteiger partial charge >= 0.3 is 0 Å². The second-order valence-corrected chi connectivity index (χ2v) is 6.33. The molecule has 0 aliphatic heterocycles. The van der Waals surface area contributed by atoms with E-state index in [4.69, 9.17) is 32.4 Å². The highest BCUT2D eigenvalue weighted by atomic mass is 35.5. The Balaban J connectivity index is 1.52. The predicted molar refractivity (Wildman–Crippen MR) is 98.2 cm³/mol. The number of hydrogen-bond donors (Lipinski definition) is 1. The standard InChI is InChI=1S/C18H15Cl2N3O3/c1-11(13-4-7-15(19)16(20)8-13)22-17(24)9-25-14-5-2-12(3-6-14)18-23-21-10-26-18/h2-8,10-11H,9H2,1H3,(H,22,24)/t11-/m1/s1. The van der Waals surface area contributed by atoms with E-state index in [0.29, 0.717) is 21.7 Å². The van der Waals surface area contributed by atoms with Crippen LogP contribution in [0, 0.1) is 0 Å². The lowest BCUT2D eigenvalue weighted by molar-refractivity contribution is -0.123. The van der Waals surface area contributed by atoms with E-state index in [9.17, 15) is 4.79 Å². The van der Waals surface area contributed by atoms with Crippen molar-refractivity contribution in [3.63, 3.8) is 0 Å². The smallest absolute Gasteiger partial charge is 0.258 e. The third kappa shape index (κ3) is 4.53. The van der Waals surface area contributed by atoms with Crippen molar-refractivity contribution >= 4 is 29.1 Å². The minimum absolute atomic E-state index is 0.106. The number of halogens is 2. The summed E-state index contributed by atoms with van der Waals surface area (Å²) < 4.78 is 10.6. The first kappa shape index (κ1) is 18.2. The molecule has 0 unspecified atom stereocenters. The Morgan fingerprint density at radius 3 is 2.62 bits per heavy atom. The van der Waals surface area contributed by atoms with Crippen LogP contribution < -0.4 is 10.1 Å². The molecule has 1 amide bonds. The van der Waals surface area contributed by atoms with Gasteiger partial charge in [0.1, 0.15) is 5.75 Å². The molecule has 3 rings (SSSR count). The zero-order valence-corrected chi connectivity index (χ0v) is 15.3. The van der Waals surface area contributed by atoms with Crippen molar-refractivity contribution in [2.45, 2.75) is 13.0 Å². The molecular formula is C18H15Cl2N3O3. The van der Waals surface area contributed by atoms with Crippen LogP contribution >= 0.6 is 23.2 Å². The predicted octanol–water partition coefficient (Wildman–Crippen LogP) is 4.30. The summed E-state index contributed by atoms with van der Waals surface area (Å²) >= 11 is 11.9. The number of nitrogens with one attached hydrogen (secondary N) is 1. The van der Waals surface area contributed by atoms with Crippen LogP contribution in [0.5, 0.6) is 5.75 Å². The first-order chi connectivity index (χ1) is 12.5. The first-order valence-electron chi connectivity index (χ1n) is 7.76. The zero-order chi connectivity index (χ0) is 18.5. The summed E-state index contributed by atoms with van der Waals surface area (Å²) in [6.45, 7) is 1.75. The van der Waals surface area contributed by atoms with Crippen LogP contribution in [0.2, 0.25) is 10.0 Å². The molecule has 2 aromatic carbocycles. The quantitative estimate of drug-likeness (QED) is 0.677. The molecule has 0 spiro atoms.